The molecule has 2 aliphatic heterocycles. The van der Waals surface area contributed by atoms with Gasteiger partial charge < -0.3 is 24.0 Å². The molecule has 1 aromatic carbocycles. The second kappa shape index (κ2) is 9.98. The maximum atomic E-state index is 13.0. The molecule has 8 nitrogen and oxygen atoms in total. The average Bonchev–Trinajstić information content (AvgIpc) is 3.58. The number of carboxylic acids is 1. The topological polar surface area (TPSA) is 97.9 Å². The summed E-state index contributed by atoms with van der Waals surface area (Å²) in [5.41, 5.74) is 2.67. The third-order valence-corrected chi connectivity index (χ3v) is 7.87. The lowest BCUT2D eigenvalue weighted by atomic mass is 9.98. The molecule has 6 rings (SSSR count). The summed E-state index contributed by atoms with van der Waals surface area (Å²) < 4.78 is 43.0. The van der Waals surface area contributed by atoms with E-state index < -0.39 is 12.6 Å². The number of fused-ring (bicyclic) bond motifs is 2. The van der Waals surface area contributed by atoms with Crippen molar-refractivity contribution in [3.8, 4) is 17.0 Å². The lowest BCUT2D eigenvalue weighted by molar-refractivity contribution is -0.0494. The molecule has 1 N–H and O–H groups in total. The minimum Gasteiger partial charge on any atom is -0.478 e. The molecule has 2 aromatic heterocycles. The molecule has 0 spiro atoms. The van der Waals surface area contributed by atoms with Crippen LogP contribution in [0.2, 0.25) is 0 Å². The van der Waals surface area contributed by atoms with Crippen LogP contribution in [0.25, 0.3) is 11.3 Å². The number of anilines is 1. The highest BCUT2D eigenvalue weighted by atomic mass is 19.3. The first kappa shape index (κ1) is 24.8. The van der Waals surface area contributed by atoms with Crippen LogP contribution in [-0.2, 0) is 11.3 Å². The van der Waals surface area contributed by atoms with Crippen molar-refractivity contribution >= 4 is 11.8 Å². The fraction of sp³-hybridized carbons (Fsp3) is 0.464. The van der Waals surface area contributed by atoms with Gasteiger partial charge in [0.15, 0.2) is 0 Å². The third-order valence-electron chi connectivity index (χ3n) is 7.87. The second-order valence-corrected chi connectivity index (χ2v) is 10.4. The van der Waals surface area contributed by atoms with E-state index in [9.17, 15) is 18.7 Å². The summed E-state index contributed by atoms with van der Waals surface area (Å²) in [6.07, 6.45) is 7.17. The summed E-state index contributed by atoms with van der Waals surface area (Å²) >= 11 is 0. The molecule has 1 saturated carbocycles. The Hall–Kier alpha value is -3.53. The van der Waals surface area contributed by atoms with Crippen molar-refractivity contribution in [3.63, 3.8) is 0 Å². The number of carboxylic acid groups (broad SMARTS) is 1. The zero-order chi connectivity index (χ0) is 26.4. The molecule has 1 aliphatic carbocycles. The number of alkyl halides is 2. The zero-order valence-electron chi connectivity index (χ0n) is 21.0. The predicted molar refractivity (Wildman–Crippen MR) is 134 cm³/mol. The monoisotopic (exact) mass is 525 g/mol. The van der Waals surface area contributed by atoms with Crippen molar-refractivity contribution in [1.29, 1.82) is 0 Å². The maximum Gasteiger partial charge on any atom is 0.387 e. The number of hydrogen-bond donors (Lipinski definition) is 1. The molecule has 3 fully saturated rings. The first-order valence-electron chi connectivity index (χ1n) is 13.0. The Morgan fingerprint density at radius 1 is 1.18 bits per heavy atom. The van der Waals surface area contributed by atoms with E-state index in [0.717, 1.165) is 55.7 Å². The highest BCUT2D eigenvalue weighted by Gasteiger charge is 2.42. The molecule has 10 heteroatoms. The van der Waals surface area contributed by atoms with E-state index in [4.69, 9.17) is 14.0 Å². The number of piperidine rings is 1. The van der Waals surface area contributed by atoms with Gasteiger partial charge in [0.1, 0.15) is 23.0 Å². The summed E-state index contributed by atoms with van der Waals surface area (Å²) in [5.74, 6) is 0.942. The molecular formula is C28H29F2N3O5. The molecule has 0 unspecified atom stereocenters. The molecule has 4 heterocycles. The van der Waals surface area contributed by atoms with Crippen LogP contribution in [0.4, 0.5) is 14.6 Å². The third kappa shape index (κ3) is 4.73. The van der Waals surface area contributed by atoms with E-state index >= 15 is 0 Å². The predicted octanol–water partition coefficient (Wildman–Crippen LogP) is 5.94. The van der Waals surface area contributed by atoms with Gasteiger partial charge in [-0.3, -0.25) is 0 Å². The van der Waals surface area contributed by atoms with Gasteiger partial charge >= 0.3 is 12.6 Å². The van der Waals surface area contributed by atoms with Crippen LogP contribution in [0.1, 0.15) is 71.7 Å². The Labute approximate surface area is 218 Å². The van der Waals surface area contributed by atoms with Gasteiger partial charge in [-0.2, -0.15) is 8.78 Å². The molecule has 0 amide bonds. The van der Waals surface area contributed by atoms with Gasteiger partial charge in [0, 0.05) is 35.3 Å². The number of pyridine rings is 1. The lowest BCUT2D eigenvalue weighted by Gasteiger charge is -2.39. The summed E-state index contributed by atoms with van der Waals surface area (Å²) in [5, 5.41) is 13.6. The fourth-order valence-corrected chi connectivity index (χ4v) is 5.95. The number of aryl methyl sites for hydroxylation is 1. The van der Waals surface area contributed by atoms with E-state index in [1.54, 1.807) is 25.1 Å². The van der Waals surface area contributed by atoms with Crippen LogP contribution in [0, 0.1) is 6.92 Å². The van der Waals surface area contributed by atoms with Gasteiger partial charge in [-0.15, -0.1) is 0 Å². The van der Waals surface area contributed by atoms with Crippen molar-refractivity contribution in [2.75, 3.05) is 4.90 Å². The van der Waals surface area contributed by atoms with Crippen LogP contribution in [0.15, 0.2) is 41.1 Å². The van der Waals surface area contributed by atoms with Crippen molar-refractivity contribution in [2.45, 2.75) is 82.8 Å². The van der Waals surface area contributed by atoms with Crippen LogP contribution < -0.4 is 9.64 Å². The van der Waals surface area contributed by atoms with E-state index in [0.29, 0.717) is 16.8 Å². The fourth-order valence-electron chi connectivity index (χ4n) is 5.95. The Kier molecular flexibility index (Phi) is 6.51. The van der Waals surface area contributed by atoms with Gasteiger partial charge in [-0.25, -0.2) is 9.78 Å². The number of carbonyl (C=O) groups is 1. The highest BCUT2D eigenvalue weighted by molar-refractivity contribution is 5.89. The van der Waals surface area contributed by atoms with Gasteiger partial charge in [-0.1, -0.05) is 17.3 Å². The number of rotatable bonds is 9. The first-order valence-corrected chi connectivity index (χ1v) is 13.0. The molecular weight excluding hydrogens is 496 g/mol. The van der Waals surface area contributed by atoms with Gasteiger partial charge in [0.25, 0.3) is 0 Å². The Morgan fingerprint density at radius 2 is 1.92 bits per heavy atom. The number of aromatic carboxylic acids is 1. The molecule has 3 aliphatic rings. The summed E-state index contributed by atoms with van der Waals surface area (Å²) in [6.45, 7) is -0.863. The van der Waals surface area contributed by atoms with Crippen LogP contribution in [0.3, 0.4) is 0 Å². The molecule has 2 saturated heterocycles. The van der Waals surface area contributed by atoms with E-state index in [2.05, 4.69) is 15.0 Å². The van der Waals surface area contributed by atoms with Crippen molar-refractivity contribution < 1.29 is 32.7 Å². The highest BCUT2D eigenvalue weighted by Crippen LogP contribution is 2.46. The molecule has 3 atom stereocenters. The quantitative estimate of drug-likeness (QED) is 0.367. The normalized spacial score (nSPS) is 22.7. The molecule has 38 heavy (non-hydrogen) atoms. The van der Waals surface area contributed by atoms with Crippen molar-refractivity contribution in [1.82, 2.24) is 10.1 Å². The number of aromatic nitrogens is 2. The zero-order valence-corrected chi connectivity index (χ0v) is 21.0. The number of ether oxygens (including phenoxy) is 2. The standard InChI is InChI=1S/C28H29F2N3O5/c1-15-10-24(31-13-21(15)27(34)35)33-17-8-9-18(33)12-19(11-17)36-14-22-25(32-38-26(22)16-6-7-16)20-4-2-3-5-23(20)37-28(29)30/h2-5,10,13,16-19,28H,6-9,11-12,14H2,1H3,(H,34,35)/t17-,18+,19+. The van der Waals surface area contributed by atoms with Crippen molar-refractivity contribution in [3.05, 3.63) is 59.0 Å². The SMILES string of the molecule is Cc1cc(N2[C@@H]3CC[C@H]2C[C@@H](OCc2c(-c4ccccc4OC(F)F)noc2C2CC2)C3)ncc1C(=O)O. The van der Waals surface area contributed by atoms with Crippen LogP contribution in [0.5, 0.6) is 5.75 Å². The van der Waals surface area contributed by atoms with Crippen LogP contribution >= 0.6 is 0 Å². The number of halogens is 2. The van der Waals surface area contributed by atoms with Gasteiger partial charge in [-0.05, 0) is 69.2 Å². The number of hydrogen-bond acceptors (Lipinski definition) is 7. The minimum atomic E-state index is -2.94. The Balaban J connectivity index is 1.19. The average molecular weight is 526 g/mol. The summed E-state index contributed by atoms with van der Waals surface area (Å²) in [7, 11) is 0. The minimum absolute atomic E-state index is 0.0190. The summed E-state index contributed by atoms with van der Waals surface area (Å²) in [4.78, 5) is 18.2. The number of para-hydroxylation sites is 1. The maximum absolute atomic E-state index is 13.0. The first-order chi connectivity index (χ1) is 18.4. The molecule has 200 valence electrons. The Morgan fingerprint density at radius 3 is 2.58 bits per heavy atom. The van der Waals surface area contributed by atoms with Crippen LogP contribution in [-0.4, -0.2) is 46.0 Å². The van der Waals surface area contributed by atoms with Gasteiger partial charge in [0.05, 0.1) is 18.3 Å². The largest absolute Gasteiger partial charge is 0.478 e. The molecule has 3 aromatic rings. The van der Waals surface area contributed by atoms with Crippen molar-refractivity contribution in [2.24, 2.45) is 0 Å². The number of benzene rings is 1. The molecule has 0 radical (unpaired) electrons. The van der Waals surface area contributed by atoms with Gasteiger partial charge in [0.2, 0.25) is 0 Å². The lowest BCUT2D eigenvalue weighted by Crippen LogP contribution is -2.46. The molecule has 2 bridgehead atoms. The smallest absolute Gasteiger partial charge is 0.387 e. The second-order valence-electron chi connectivity index (χ2n) is 10.4. The Bertz CT molecular complexity index is 1330. The van der Waals surface area contributed by atoms with E-state index in [-0.39, 0.29) is 42.0 Å². The summed E-state index contributed by atoms with van der Waals surface area (Å²) in [6, 6.07) is 8.99. The number of nitrogens with zero attached hydrogens (tertiary/aromatic N) is 3. The van der Waals surface area contributed by atoms with E-state index in [1.807, 2.05) is 6.07 Å². The van der Waals surface area contributed by atoms with E-state index in [1.165, 1.54) is 12.3 Å².